The third-order valence-electron chi connectivity index (χ3n) is 6.28. The van der Waals surface area contributed by atoms with E-state index in [0.717, 1.165) is 40.8 Å². The molecule has 6 heteroatoms. The maximum atomic E-state index is 13.6. The molecule has 1 amide bonds. The zero-order valence-electron chi connectivity index (χ0n) is 18.3. The number of piperidine rings is 1. The fourth-order valence-corrected chi connectivity index (χ4v) is 4.70. The topological polar surface area (TPSA) is 54.8 Å². The molecule has 1 fully saturated rings. The van der Waals surface area contributed by atoms with Crippen LogP contribution in [0.2, 0.25) is 0 Å². The zero-order chi connectivity index (χ0) is 22.1. The molecule has 0 unspecified atom stereocenters. The summed E-state index contributed by atoms with van der Waals surface area (Å²) >= 11 is 0. The van der Waals surface area contributed by atoms with E-state index >= 15 is 0 Å². The van der Waals surface area contributed by atoms with Crippen molar-refractivity contribution in [1.29, 1.82) is 0 Å². The van der Waals surface area contributed by atoms with Crippen molar-refractivity contribution in [1.82, 2.24) is 9.47 Å². The molecule has 1 aromatic heterocycles. The van der Waals surface area contributed by atoms with Gasteiger partial charge < -0.3 is 9.30 Å². The van der Waals surface area contributed by atoms with Crippen LogP contribution in [0.1, 0.15) is 37.3 Å². The Hall–Kier alpha value is -3.38. The highest BCUT2D eigenvalue weighted by molar-refractivity contribution is 6.36. The molecule has 2 aromatic carbocycles. The number of anilines is 1. The van der Waals surface area contributed by atoms with Crippen molar-refractivity contribution >= 4 is 40.1 Å². The number of fused-ring (bicyclic) bond motifs is 2. The fraction of sp³-hybridized carbons (Fsp3) is 0.308. The lowest BCUT2D eigenvalue weighted by Gasteiger charge is -2.30. The minimum absolute atomic E-state index is 0.0357. The highest BCUT2D eigenvalue weighted by atomic mass is 16.5. The normalized spacial score (nSPS) is 17.8. The molecule has 2 aliphatic heterocycles. The maximum absolute atomic E-state index is 13.6. The molecule has 0 N–H and O–H groups in total. The number of aromatic nitrogens is 1. The number of esters is 1. The van der Waals surface area contributed by atoms with Crippen LogP contribution in [0.15, 0.2) is 54.7 Å². The van der Waals surface area contributed by atoms with Gasteiger partial charge in [-0.2, -0.15) is 0 Å². The standard InChI is InChI=1S/C26H27N3O3/c1-19(30)32-18-28-16-20(21-9-3-5-11-24(21)28)15-23-22-10-4-6-12-25(22)29(26(23)31)17-27-13-7-2-8-14-27/h3-6,9-12,15-16H,2,7-8,13-14,17-18H2,1H3. The summed E-state index contributed by atoms with van der Waals surface area (Å²) in [5.74, 6) is -0.287. The largest absolute Gasteiger partial charge is 0.444 e. The van der Waals surface area contributed by atoms with Gasteiger partial charge in [0.15, 0.2) is 6.73 Å². The second-order valence-corrected chi connectivity index (χ2v) is 8.46. The first kappa shape index (κ1) is 20.5. The van der Waals surface area contributed by atoms with Gasteiger partial charge in [0.05, 0.1) is 17.9 Å². The van der Waals surface area contributed by atoms with Crippen LogP contribution >= 0.6 is 0 Å². The van der Waals surface area contributed by atoms with E-state index < -0.39 is 0 Å². The summed E-state index contributed by atoms with van der Waals surface area (Å²) in [7, 11) is 0. The van der Waals surface area contributed by atoms with Gasteiger partial charge in [0.25, 0.3) is 5.91 Å². The summed E-state index contributed by atoms with van der Waals surface area (Å²) in [6.45, 7) is 4.24. The van der Waals surface area contributed by atoms with Gasteiger partial charge in [0, 0.05) is 35.2 Å². The smallest absolute Gasteiger partial charge is 0.304 e. The molecule has 0 atom stereocenters. The number of ether oxygens (including phenoxy) is 1. The van der Waals surface area contributed by atoms with E-state index in [1.165, 1.54) is 26.2 Å². The number of carbonyl (C=O) groups is 2. The molecule has 0 bridgehead atoms. The first-order valence-electron chi connectivity index (χ1n) is 11.2. The third kappa shape index (κ3) is 3.82. The summed E-state index contributed by atoms with van der Waals surface area (Å²) in [5.41, 5.74) is 4.53. The zero-order valence-corrected chi connectivity index (χ0v) is 18.3. The van der Waals surface area contributed by atoms with Crippen molar-refractivity contribution < 1.29 is 14.3 Å². The van der Waals surface area contributed by atoms with Crippen LogP contribution < -0.4 is 4.90 Å². The van der Waals surface area contributed by atoms with E-state index in [9.17, 15) is 9.59 Å². The first-order valence-corrected chi connectivity index (χ1v) is 11.2. The predicted molar refractivity (Wildman–Crippen MR) is 126 cm³/mol. The van der Waals surface area contributed by atoms with Crippen molar-refractivity contribution in [3.63, 3.8) is 0 Å². The lowest BCUT2D eigenvalue weighted by molar-refractivity contribution is -0.144. The Bertz CT molecular complexity index is 1200. The highest BCUT2D eigenvalue weighted by Crippen LogP contribution is 2.39. The molecule has 2 aliphatic rings. The number of para-hydroxylation sites is 2. The molecule has 3 aromatic rings. The van der Waals surface area contributed by atoms with E-state index in [4.69, 9.17) is 4.74 Å². The minimum atomic E-state index is -0.323. The van der Waals surface area contributed by atoms with Crippen LogP contribution in [-0.4, -0.2) is 41.1 Å². The molecule has 3 heterocycles. The number of amides is 1. The number of nitrogens with zero attached hydrogens (tertiary/aromatic N) is 3. The van der Waals surface area contributed by atoms with E-state index in [1.54, 1.807) is 0 Å². The lowest BCUT2D eigenvalue weighted by atomic mass is 10.0. The molecule has 32 heavy (non-hydrogen) atoms. The molecule has 5 rings (SSSR count). The van der Waals surface area contributed by atoms with Gasteiger partial charge in [-0.25, -0.2) is 0 Å². The van der Waals surface area contributed by atoms with Gasteiger partial charge in [0.2, 0.25) is 0 Å². The molecular weight excluding hydrogens is 402 g/mol. The number of rotatable bonds is 5. The second-order valence-electron chi connectivity index (χ2n) is 8.46. The SMILES string of the molecule is CC(=O)OCn1cc(C=C2C(=O)N(CN3CCCCC3)c3ccccc32)c2ccccc21. The number of likely N-dealkylation sites (tertiary alicyclic amines) is 1. The summed E-state index contributed by atoms with van der Waals surface area (Å²) in [4.78, 5) is 29.1. The van der Waals surface area contributed by atoms with Gasteiger partial charge in [-0.3, -0.25) is 19.4 Å². The molecular formula is C26H27N3O3. The van der Waals surface area contributed by atoms with Crippen LogP contribution in [0.4, 0.5) is 5.69 Å². The van der Waals surface area contributed by atoms with Gasteiger partial charge in [-0.15, -0.1) is 0 Å². The van der Waals surface area contributed by atoms with Crippen molar-refractivity contribution in [2.75, 3.05) is 24.7 Å². The predicted octanol–water partition coefficient (Wildman–Crippen LogP) is 4.49. The quantitative estimate of drug-likeness (QED) is 0.443. The Labute approximate surface area is 187 Å². The summed E-state index contributed by atoms with van der Waals surface area (Å²) in [6, 6.07) is 16.0. The van der Waals surface area contributed by atoms with Crippen molar-refractivity contribution in [3.8, 4) is 0 Å². The van der Waals surface area contributed by atoms with Crippen LogP contribution in [0.25, 0.3) is 22.6 Å². The fourth-order valence-electron chi connectivity index (χ4n) is 4.70. The summed E-state index contributed by atoms with van der Waals surface area (Å²) in [6.07, 6.45) is 7.57. The summed E-state index contributed by atoms with van der Waals surface area (Å²) < 4.78 is 7.12. The van der Waals surface area contributed by atoms with E-state index in [2.05, 4.69) is 4.90 Å². The van der Waals surface area contributed by atoms with Crippen LogP contribution in [0, 0.1) is 0 Å². The van der Waals surface area contributed by atoms with Crippen LogP contribution in [0.5, 0.6) is 0 Å². The number of carbonyl (C=O) groups excluding carboxylic acids is 2. The summed E-state index contributed by atoms with van der Waals surface area (Å²) in [5, 5.41) is 1.02. The molecule has 0 aliphatic carbocycles. The Kier molecular flexibility index (Phi) is 5.53. The number of hydrogen-bond donors (Lipinski definition) is 0. The molecule has 0 spiro atoms. The first-order chi connectivity index (χ1) is 15.6. The van der Waals surface area contributed by atoms with E-state index in [1.807, 2.05) is 70.3 Å². The average molecular weight is 430 g/mol. The number of hydrogen-bond acceptors (Lipinski definition) is 4. The second kappa shape index (κ2) is 8.63. The van der Waals surface area contributed by atoms with Gasteiger partial charge >= 0.3 is 5.97 Å². The van der Waals surface area contributed by atoms with E-state index in [0.29, 0.717) is 12.2 Å². The Balaban J connectivity index is 1.53. The van der Waals surface area contributed by atoms with Gasteiger partial charge in [0.1, 0.15) is 0 Å². The Morgan fingerprint density at radius 2 is 1.78 bits per heavy atom. The average Bonchev–Trinajstić information content (AvgIpc) is 3.29. The van der Waals surface area contributed by atoms with Crippen molar-refractivity contribution in [2.24, 2.45) is 0 Å². The van der Waals surface area contributed by atoms with Crippen LogP contribution in [0.3, 0.4) is 0 Å². The molecule has 1 saturated heterocycles. The molecule has 0 radical (unpaired) electrons. The van der Waals surface area contributed by atoms with Gasteiger partial charge in [-0.05, 0) is 44.1 Å². The highest BCUT2D eigenvalue weighted by Gasteiger charge is 2.33. The minimum Gasteiger partial charge on any atom is -0.444 e. The van der Waals surface area contributed by atoms with Gasteiger partial charge in [-0.1, -0.05) is 42.8 Å². The third-order valence-corrected chi connectivity index (χ3v) is 6.28. The Morgan fingerprint density at radius 3 is 2.59 bits per heavy atom. The van der Waals surface area contributed by atoms with Crippen LogP contribution in [-0.2, 0) is 21.1 Å². The van der Waals surface area contributed by atoms with E-state index in [-0.39, 0.29) is 18.6 Å². The number of benzene rings is 2. The molecule has 6 nitrogen and oxygen atoms in total. The molecule has 0 saturated carbocycles. The van der Waals surface area contributed by atoms with Crippen molar-refractivity contribution in [3.05, 3.63) is 65.9 Å². The Morgan fingerprint density at radius 1 is 1.03 bits per heavy atom. The monoisotopic (exact) mass is 429 g/mol. The maximum Gasteiger partial charge on any atom is 0.304 e. The lowest BCUT2D eigenvalue weighted by Crippen LogP contribution is -2.42. The van der Waals surface area contributed by atoms with Crippen molar-refractivity contribution in [2.45, 2.75) is 32.9 Å². The molecule has 164 valence electrons.